The molecule has 0 aliphatic carbocycles. The molecule has 0 fully saturated rings. The highest BCUT2D eigenvalue weighted by atomic mass is 32.2. The van der Waals surface area contributed by atoms with Crippen LogP contribution in [0.25, 0.3) is 10.9 Å². The van der Waals surface area contributed by atoms with Gasteiger partial charge in [0, 0.05) is 30.2 Å². The molecule has 0 saturated carbocycles. The first-order chi connectivity index (χ1) is 14.4. The first-order valence-electron chi connectivity index (χ1n) is 9.55. The molecular formula is C20H21N6O3S. The van der Waals surface area contributed by atoms with Gasteiger partial charge in [0.25, 0.3) is 5.91 Å². The number of amides is 1. The normalized spacial score (nSPS) is 12.7. The quantitative estimate of drug-likeness (QED) is 0.565. The second-order valence-corrected chi connectivity index (χ2v) is 8.71. The number of unbranched alkanes of at least 4 members (excludes halogenated alkanes) is 1. The summed E-state index contributed by atoms with van der Waals surface area (Å²) in [5, 5.41) is 11.7. The lowest BCUT2D eigenvalue weighted by molar-refractivity contribution is 0.0989. The zero-order chi connectivity index (χ0) is 21.3. The van der Waals surface area contributed by atoms with Crippen molar-refractivity contribution >= 4 is 44.4 Å². The lowest BCUT2D eigenvalue weighted by atomic mass is 10.1. The number of hydrogen-bond acceptors (Lipinski definition) is 5. The van der Waals surface area contributed by atoms with E-state index in [0.29, 0.717) is 23.1 Å². The summed E-state index contributed by atoms with van der Waals surface area (Å²) in [6.07, 6.45) is 3.30. The molecule has 0 bridgehead atoms. The first kappa shape index (κ1) is 20.0. The number of hydrogen-bond donors (Lipinski definition) is 2. The lowest BCUT2D eigenvalue weighted by Gasteiger charge is -2.17. The number of fused-ring (bicyclic) bond motifs is 3. The molecule has 1 amide bonds. The van der Waals surface area contributed by atoms with E-state index in [1.54, 1.807) is 37.5 Å². The molecule has 10 heteroatoms. The average molecular weight is 425 g/mol. The molecule has 1 radical (unpaired) electrons. The standard InChI is InChI=1S/C20H21N6O3S/c1-3-4-11-22-30(28,29)14-7-5-13(6-8-14)26(2)20(27)19-15-9-10-17-16(12-21-23-17)18(15)24-25-19/h5-10,12,22H,3-4,11H2,1-2H3,(H,24,25). The summed E-state index contributed by atoms with van der Waals surface area (Å²) in [4.78, 5) is 14.6. The second-order valence-electron chi connectivity index (χ2n) is 6.95. The highest BCUT2D eigenvalue weighted by molar-refractivity contribution is 7.89. The number of carbonyl (C=O) groups excluding carboxylic acids is 1. The van der Waals surface area contributed by atoms with Gasteiger partial charge in [0.1, 0.15) is 0 Å². The minimum absolute atomic E-state index is 0.159. The molecule has 2 heterocycles. The Hall–Kier alpha value is -3.24. The van der Waals surface area contributed by atoms with Gasteiger partial charge in [-0.1, -0.05) is 13.3 Å². The highest BCUT2D eigenvalue weighted by Gasteiger charge is 2.23. The summed E-state index contributed by atoms with van der Waals surface area (Å²) in [5.41, 5.74) is 7.06. The zero-order valence-corrected chi connectivity index (χ0v) is 17.4. The number of nitrogens with one attached hydrogen (secondary N) is 2. The van der Waals surface area contributed by atoms with Crippen molar-refractivity contribution in [3.8, 4) is 0 Å². The third-order valence-corrected chi connectivity index (χ3v) is 6.45. The Morgan fingerprint density at radius 1 is 1.17 bits per heavy atom. The Balaban J connectivity index is 1.56. The molecule has 1 aliphatic heterocycles. The molecule has 2 N–H and O–H groups in total. The number of rotatable bonds is 7. The largest absolute Gasteiger partial charge is 0.310 e. The van der Waals surface area contributed by atoms with Crippen molar-refractivity contribution in [3.05, 3.63) is 47.7 Å². The molecule has 30 heavy (non-hydrogen) atoms. The Morgan fingerprint density at radius 3 is 2.67 bits per heavy atom. The fourth-order valence-electron chi connectivity index (χ4n) is 3.22. The lowest BCUT2D eigenvalue weighted by Crippen LogP contribution is -2.27. The van der Waals surface area contributed by atoms with Crippen molar-refractivity contribution in [2.24, 2.45) is 5.10 Å². The van der Waals surface area contributed by atoms with Gasteiger partial charge in [-0.3, -0.25) is 9.89 Å². The van der Waals surface area contributed by atoms with E-state index in [-0.39, 0.29) is 16.5 Å². The van der Waals surface area contributed by atoms with Gasteiger partial charge in [-0.2, -0.15) is 15.6 Å². The maximum Gasteiger partial charge on any atom is 0.279 e. The minimum atomic E-state index is -3.57. The van der Waals surface area contributed by atoms with Crippen LogP contribution in [0.2, 0.25) is 0 Å². The Bertz CT molecular complexity index is 1230. The van der Waals surface area contributed by atoms with E-state index in [0.717, 1.165) is 24.1 Å². The smallest absolute Gasteiger partial charge is 0.279 e. The van der Waals surface area contributed by atoms with E-state index in [4.69, 9.17) is 0 Å². The molecule has 9 nitrogen and oxygen atoms in total. The zero-order valence-electron chi connectivity index (χ0n) is 16.6. The van der Waals surface area contributed by atoms with Gasteiger partial charge >= 0.3 is 0 Å². The van der Waals surface area contributed by atoms with Gasteiger partial charge in [0.2, 0.25) is 10.0 Å². The van der Waals surface area contributed by atoms with Crippen LogP contribution in [-0.2, 0) is 10.0 Å². The number of sulfonamides is 1. The Labute approximate surface area is 174 Å². The monoisotopic (exact) mass is 425 g/mol. The van der Waals surface area contributed by atoms with Crippen LogP contribution in [-0.4, -0.2) is 44.3 Å². The van der Waals surface area contributed by atoms with Crippen LogP contribution in [0.15, 0.2) is 46.4 Å². The summed E-state index contributed by atoms with van der Waals surface area (Å²) in [6, 6.07) is 9.76. The van der Waals surface area contributed by atoms with E-state index in [1.165, 1.54) is 17.0 Å². The van der Waals surface area contributed by atoms with Crippen molar-refractivity contribution in [2.75, 3.05) is 18.5 Å². The summed E-state index contributed by atoms with van der Waals surface area (Å²) >= 11 is 0. The average Bonchev–Trinajstić information content (AvgIpc) is 3.39. The molecule has 2 aromatic carbocycles. The highest BCUT2D eigenvalue weighted by Crippen LogP contribution is 2.29. The van der Waals surface area contributed by atoms with Crippen molar-refractivity contribution in [1.29, 1.82) is 0 Å². The van der Waals surface area contributed by atoms with Crippen molar-refractivity contribution in [3.63, 3.8) is 0 Å². The summed E-state index contributed by atoms with van der Waals surface area (Å²) in [5.74, 6) is -0.315. The van der Waals surface area contributed by atoms with Gasteiger partial charge in [-0.15, -0.1) is 0 Å². The maximum absolute atomic E-state index is 13.0. The topological polar surface area (TPSA) is 122 Å². The third kappa shape index (κ3) is 3.55. The van der Waals surface area contributed by atoms with E-state index in [9.17, 15) is 13.2 Å². The van der Waals surface area contributed by atoms with Gasteiger partial charge < -0.3 is 4.90 Å². The molecule has 4 rings (SSSR count). The molecule has 1 aliphatic rings. The van der Waals surface area contributed by atoms with E-state index >= 15 is 0 Å². The predicted molar refractivity (Wildman–Crippen MR) is 115 cm³/mol. The molecule has 1 aromatic heterocycles. The van der Waals surface area contributed by atoms with Crippen LogP contribution in [0.1, 0.15) is 35.8 Å². The summed E-state index contributed by atoms with van der Waals surface area (Å²) in [7, 11) is -1.94. The van der Waals surface area contributed by atoms with E-state index in [1.807, 2.05) is 6.92 Å². The molecule has 3 aromatic rings. The fraction of sp³-hybridized carbons (Fsp3) is 0.250. The molecule has 0 saturated heterocycles. The van der Waals surface area contributed by atoms with E-state index < -0.39 is 10.0 Å². The Morgan fingerprint density at radius 2 is 1.93 bits per heavy atom. The SMILES string of the molecule is CCCCNS(=O)(=O)c1ccc(N(C)C(=O)c2n[nH]c3c4c(ccc23)[N]N=C4)cc1. The van der Waals surface area contributed by atoms with Crippen LogP contribution < -0.4 is 15.0 Å². The first-order valence-corrected chi connectivity index (χ1v) is 11.0. The Kier molecular flexibility index (Phi) is 5.27. The van der Waals surface area contributed by atoms with Crippen LogP contribution in [0.5, 0.6) is 0 Å². The van der Waals surface area contributed by atoms with Crippen LogP contribution in [0.4, 0.5) is 11.4 Å². The van der Waals surface area contributed by atoms with E-state index in [2.05, 4.69) is 25.4 Å². The van der Waals surface area contributed by atoms with Crippen LogP contribution in [0, 0.1) is 0 Å². The summed E-state index contributed by atoms with van der Waals surface area (Å²) in [6.45, 7) is 2.39. The fourth-order valence-corrected chi connectivity index (χ4v) is 4.29. The minimum Gasteiger partial charge on any atom is -0.310 e. The third-order valence-electron chi connectivity index (χ3n) is 4.97. The number of anilines is 1. The van der Waals surface area contributed by atoms with Gasteiger partial charge in [-0.05, 0) is 42.8 Å². The number of aromatic amines is 1. The molecular weight excluding hydrogens is 404 g/mol. The van der Waals surface area contributed by atoms with Crippen molar-refractivity contribution in [2.45, 2.75) is 24.7 Å². The van der Waals surface area contributed by atoms with Gasteiger partial charge in [-0.25, -0.2) is 13.1 Å². The van der Waals surface area contributed by atoms with Gasteiger partial charge in [0.15, 0.2) is 5.69 Å². The van der Waals surface area contributed by atoms with Crippen molar-refractivity contribution < 1.29 is 13.2 Å². The molecule has 155 valence electrons. The van der Waals surface area contributed by atoms with Gasteiger partial charge in [0.05, 0.1) is 22.3 Å². The molecule has 0 unspecified atom stereocenters. The summed E-state index contributed by atoms with van der Waals surface area (Å²) < 4.78 is 27.2. The number of aromatic nitrogens is 2. The second kappa shape index (κ2) is 7.88. The number of carbonyl (C=O) groups is 1. The maximum atomic E-state index is 13.0. The number of H-pyrrole nitrogens is 1. The number of nitrogens with zero attached hydrogens (tertiary/aromatic N) is 4. The predicted octanol–water partition coefficient (Wildman–Crippen LogP) is 2.50. The molecule has 0 spiro atoms. The van der Waals surface area contributed by atoms with Crippen LogP contribution in [0.3, 0.4) is 0 Å². The molecule has 0 atom stereocenters. The van der Waals surface area contributed by atoms with Crippen molar-refractivity contribution in [1.82, 2.24) is 20.3 Å². The van der Waals surface area contributed by atoms with Crippen LogP contribution >= 0.6 is 0 Å². The number of benzene rings is 2.